The molecule has 0 N–H and O–H groups in total. The van der Waals surface area contributed by atoms with Gasteiger partial charge in [-0.25, -0.2) is 0 Å². The lowest BCUT2D eigenvalue weighted by Gasteiger charge is -2.24. The molecule has 288 valence electrons. The average Bonchev–Trinajstić information content (AvgIpc) is 4.22. The fourth-order valence-corrected chi connectivity index (χ4v) is 23.2. The fourth-order valence-electron chi connectivity index (χ4n) is 23.2. The van der Waals surface area contributed by atoms with Gasteiger partial charge in [0.05, 0.1) is 30.9 Å². The summed E-state index contributed by atoms with van der Waals surface area (Å²) in [5.74, 6) is 0. The number of ether oxygens (including phenoxy) is 2. The minimum Gasteiger partial charge on any atom is -0.382 e. The Morgan fingerprint density at radius 2 is 0.338 bits per heavy atom. The van der Waals surface area contributed by atoms with Crippen LogP contribution in [0.2, 0.25) is 0 Å². The highest BCUT2D eigenvalue weighted by atomic mass is 16.5. The summed E-state index contributed by atoms with van der Waals surface area (Å²) in [6, 6.07) is 0. The summed E-state index contributed by atoms with van der Waals surface area (Å²) >= 11 is 0. The molecule has 0 aliphatic rings. The smallest absolute Gasteiger partial charge is 0.0701 e. The predicted molar refractivity (Wildman–Crippen MR) is 290 cm³/mol. The lowest BCUT2D eigenvalue weighted by atomic mass is 9.84. The van der Waals surface area contributed by atoms with Crippen LogP contribution in [0.5, 0.6) is 0 Å². The zero-order valence-electron chi connectivity index (χ0n) is 35.1. The van der Waals surface area contributed by atoms with Gasteiger partial charge in [0.2, 0.25) is 0 Å². The molecule has 1 aromatic heterocycles. The van der Waals surface area contributed by atoms with Gasteiger partial charge in [-0.2, -0.15) is 0 Å². The van der Waals surface area contributed by atoms with Crippen molar-refractivity contribution in [1.29, 1.82) is 0 Å². The van der Waals surface area contributed by atoms with E-state index in [4.69, 9.17) is 9.47 Å². The first-order valence-corrected chi connectivity index (χ1v) is 25.3. The topological polar surface area (TPSA) is 23.4 Å². The Kier molecular flexibility index (Phi) is 2.28. The largest absolute Gasteiger partial charge is 0.382 e. The van der Waals surface area contributed by atoms with Gasteiger partial charge in [0.15, 0.2) is 0 Å². The summed E-state index contributed by atoms with van der Waals surface area (Å²) in [6.07, 6.45) is 0. The number of rotatable bonds is 6. The molecule has 1 heterocycles. The maximum Gasteiger partial charge on any atom is 0.0701 e. The van der Waals surface area contributed by atoms with Crippen LogP contribution in [0.3, 0.4) is 0 Å². The number of fused-ring (bicyclic) bond motifs is 5. The number of benzene rings is 19. The predicted octanol–water partition coefficient (Wildman–Crippen LogP) is 17.8. The van der Waals surface area contributed by atoms with Crippen molar-refractivity contribution < 1.29 is 9.47 Å². The third-order valence-corrected chi connectivity index (χ3v) is 23.6. The van der Waals surface area contributed by atoms with Gasteiger partial charge in [-0.1, -0.05) is 0 Å². The van der Waals surface area contributed by atoms with E-state index in [-0.39, 0.29) is 0 Å². The Balaban J connectivity index is 1.20. The molecule has 0 aliphatic heterocycles. The van der Waals surface area contributed by atoms with E-state index in [1.165, 1.54) is 11.0 Å². The van der Waals surface area contributed by atoms with E-state index in [1.807, 2.05) is 0 Å². The fraction of sp³-hybridized carbons (Fsp3) is 0.0769. The molecule has 0 atom stereocenters. The molecule has 0 bridgehead atoms. The maximum absolute atomic E-state index is 6.63. The third kappa shape index (κ3) is 1.42. The molecule has 0 saturated carbocycles. The molecular weight excluding hydrogens is 827 g/mol. The standard InChI is InChI=1S/C65H11NO2/c1-67-4-5-68-3-2-66-64-60-53-46-34-26-17-8-6-7-9-12(8)21-28(26)36-37-29(21)27-18(9)20-16-11(7)14-13-10(6)15-19(17)32(34)40-38-24(15)22(13)30-31-23(14)25(16)39-41-33(20)35(27)47-49(37)58(57(60)48(36)46)61-54(47)52(41)56-45(39)43(31)50-42(30)44(38)55(51(40)53)62(64)59(50)63(56)65(61)66/h2-5H2,1H3. The van der Waals surface area contributed by atoms with Gasteiger partial charge in [0, 0.05) is 326 Å². The minimum absolute atomic E-state index is 0.617. The van der Waals surface area contributed by atoms with E-state index in [0.717, 1.165) is 6.54 Å². The Labute approximate surface area is 369 Å². The van der Waals surface area contributed by atoms with Crippen molar-refractivity contribution in [2.24, 2.45) is 0 Å². The van der Waals surface area contributed by atoms with Crippen molar-refractivity contribution in [1.82, 2.24) is 4.57 Å². The molecule has 31 aromatic rings. The number of aromatic nitrogens is 1. The summed E-state index contributed by atoms with van der Waals surface area (Å²) in [4.78, 5) is 0. The van der Waals surface area contributed by atoms with Gasteiger partial charge < -0.3 is 14.0 Å². The molecule has 31 rings (SSSR count). The Morgan fingerprint density at radius 1 is 0.191 bits per heavy atom. The lowest BCUT2D eigenvalue weighted by Crippen LogP contribution is -2.12. The van der Waals surface area contributed by atoms with Crippen molar-refractivity contribution in [3.8, 4) is 0 Å². The van der Waals surface area contributed by atoms with E-state index in [9.17, 15) is 0 Å². The van der Waals surface area contributed by atoms with Gasteiger partial charge in [-0.05, 0) is 0 Å². The summed E-state index contributed by atoms with van der Waals surface area (Å²) < 4.78 is 15.1. The molecule has 3 nitrogen and oxygen atoms in total. The van der Waals surface area contributed by atoms with Crippen LogP contribution in [-0.2, 0) is 16.0 Å². The van der Waals surface area contributed by atoms with E-state index < -0.39 is 0 Å². The third-order valence-electron chi connectivity index (χ3n) is 23.6. The second kappa shape index (κ2) is 6.04. The first-order chi connectivity index (χ1) is 33.9. The monoisotopic (exact) mass is 837 g/mol. The summed E-state index contributed by atoms with van der Waals surface area (Å²) in [5, 5.41) is 94.3. The Bertz CT molecular complexity index is 6830. The van der Waals surface area contributed by atoms with Gasteiger partial charge in [-0.3, -0.25) is 0 Å². The first-order valence-electron chi connectivity index (χ1n) is 25.3. The zero-order valence-corrected chi connectivity index (χ0v) is 35.1. The van der Waals surface area contributed by atoms with Gasteiger partial charge in [0.1, 0.15) is 0 Å². The molecule has 0 saturated heterocycles. The zero-order chi connectivity index (χ0) is 40.5. The molecule has 0 fully saturated rings. The normalized spacial score (nSPS) is 17.2. The van der Waals surface area contributed by atoms with Gasteiger partial charge in [0.25, 0.3) is 0 Å². The van der Waals surface area contributed by atoms with Crippen molar-refractivity contribution in [3.05, 3.63) is 0 Å². The SMILES string of the molecule is COCCOCCn1c2c3c4c5c6c7c8c9c%10c%11c%12c9c9c7c7c%13c9c9c%12c%12c%14c%11c%11c%15c%10c%10c8c6c6c8c%10c%15c%10c%15c%11c%14c%11c%14c%12c9c9c%13c(c3c75)c3c9c%14c5c%11c%15c7c%10c8c(c64)c2c7c5c31. The van der Waals surface area contributed by atoms with Crippen LogP contribution in [0.15, 0.2) is 0 Å². The van der Waals surface area contributed by atoms with E-state index in [0.29, 0.717) is 19.8 Å². The summed E-state index contributed by atoms with van der Waals surface area (Å²) in [6.45, 7) is 2.73. The van der Waals surface area contributed by atoms with Crippen LogP contribution in [0.4, 0.5) is 0 Å². The molecule has 68 heavy (non-hydrogen) atoms. The minimum atomic E-state index is 0.617. The summed E-state index contributed by atoms with van der Waals surface area (Å²) in [7, 11) is 1.80. The highest BCUT2D eigenvalue weighted by Crippen LogP contribution is 2.79. The van der Waals surface area contributed by atoms with E-state index in [1.54, 1.807) is 320 Å². The van der Waals surface area contributed by atoms with Crippen LogP contribution >= 0.6 is 0 Å². The van der Waals surface area contributed by atoms with Crippen LogP contribution in [0.25, 0.3) is 323 Å². The van der Waals surface area contributed by atoms with Crippen LogP contribution in [-0.4, -0.2) is 31.5 Å². The number of pyridine rings is 1. The van der Waals surface area contributed by atoms with Crippen molar-refractivity contribution >= 4 is 323 Å². The number of hydrogen-bond acceptors (Lipinski definition) is 2. The second-order valence-electron chi connectivity index (χ2n) is 24.2. The molecule has 0 aliphatic carbocycles. The second-order valence-corrected chi connectivity index (χ2v) is 24.2. The first kappa shape index (κ1) is 25.7. The molecule has 0 spiro atoms. The quantitative estimate of drug-likeness (QED) is 0.0946. The molecule has 0 radical (unpaired) electrons. The van der Waals surface area contributed by atoms with E-state index >= 15 is 0 Å². The molecule has 0 unspecified atom stereocenters. The van der Waals surface area contributed by atoms with E-state index in [2.05, 4.69) is 4.57 Å². The number of hydrogen-bond donors (Lipinski definition) is 0. The number of nitrogens with zero attached hydrogens (tertiary/aromatic N) is 1. The lowest BCUT2D eigenvalue weighted by molar-refractivity contribution is 0.0674. The van der Waals surface area contributed by atoms with Crippen molar-refractivity contribution in [2.75, 3.05) is 26.9 Å². The highest BCUT2D eigenvalue weighted by Gasteiger charge is 2.50. The Morgan fingerprint density at radius 3 is 0.500 bits per heavy atom. The Hall–Kier alpha value is -8.08. The van der Waals surface area contributed by atoms with Gasteiger partial charge >= 0.3 is 0 Å². The number of methoxy groups -OCH3 is 1. The molecular formula is C65H11NO2. The molecule has 3 heteroatoms. The van der Waals surface area contributed by atoms with Crippen LogP contribution in [0, 0.1) is 0 Å². The van der Waals surface area contributed by atoms with Crippen LogP contribution < -0.4 is 0 Å². The maximum atomic E-state index is 6.63. The summed E-state index contributed by atoms with van der Waals surface area (Å²) in [5.41, 5.74) is 3.03. The average molecular weight is 838 g/mol. The van der Waals surface area contributed by atoms with Crippen molar-refractivity contribution in [2.45, 2.75) is 6.54 Å². The van der Waals surface area contributed by atoms with Gasteiger partial charge in [-0.15, -0.1) is 0 Å². The molecule has 30 aromatic carbocycles. The molecule has 0 amide bonds. The van der Waals surface area contributed by atoms with Crippen molar-refractivity contribution in [3.63, 3.8) is 0 Å². The highest BCUT2D eigenvalue weighted by molar-refractivity contribution is 6.84. The van der Waals surface area contributed by atoms with Crippen LogP contribution in [0.1, 0.15) is 0 Å².